The Morgan fingerprint density at radius 2 is 2.24 bits per heavy atom. The maximum absolute atomic E-state index is 12.3. The highest BCUT2D eigenvalue weighted by molar-refractivity contribution is 7.20. The van der Waals surface area contributed by atoms with Gasteiger partial charge in [-0.2, -0.15) is 0 Å². The molecule has 2 heterocycles. The number of nitrogens with two attached hydrogens (primary N) is 1. The first kappa shape index (κ1) is 15.9. The van der Waals surface area contributed by atoms with E-state index in [-0.39, 0.29) is 30.0 Å². The Kier molecular flexibility index (Phi) is 4.92. The minimum Gasteiger partial charge on any atom is -0.356 e. The average Bonchev–Trinajstić information content (AvgIpc) is 3.04. The van der Waals surface area contributed by atoms with Gasteiger partial charge in [-0.15, -0.1) is 23.7 Å². The van der Waals surface area contributed by atoms with E-state index < -0.39 is 6.04 Å². The van der Waals surface area contributed by atoms with Gasteiger partial charge in [0.05, 0.1) is 16.3 Å². The number of aromatic nitrogens is 1. The smallest absolute Gasteiger partial charge is 0.223 e. The Hall–Kier alpha value is -1.50. The molecule has 0 bridgehead atoms. The number of hydrogen-bond acceptors (Lipinski definition) is 5. The van der Waals surface area contributed by atoms with E-state index in [1.165, 1.54) is 11.3 Å². The van der Waals surface area contributed by atoms with Crippen molar-refractivity contribution in [3.8, 4) is 0 Å². The molecule has 1 aliphatic rings. The number of carbonyl (C=O) groups excluding carboxylic acids is 2. The lowest BCUT2D eigenvalue weighted by molar-refractivity contribution is -0.122. The predicted octanol–water partition coefficient (Wildman–Crippen LogP) is 1.75. The zero-order valence-corrected chi connectivity index (χ0v) is 12.9. The van der Waals surface area contributed by atoms with Gasteiger partial charge < -0.3 is 11.1 Å². The van der Waals surface area contributed by atoms with Crippen LogP contribution in [-0.4, -0.2) is 29.3 Å². The molecule has 0 radical (unpaired) electrons. The Balaban J connectivity index is 0.00000161. The Morgan fingerprint density at radius 3 is 2.90 bits per heavy atom. The summed E-state index contributed by atoms with van der Waals surface area (Å²) < 4.78 is 0.974. The number of benzene rings is 1. The second-order valence-corrected chi connectivity index (χ2v) is 6.00. The number of carbonyl (C=O) groups is 2. The maximum atomic E-state index is 12.3. The van der Waals surface area contributed by atoms with Gasteiger partial charge in [0.15, 0.2) is 5.01 Å². The van der Waals surface area contributed by atoms with Crippen LogP contribution in [0.15, 0.2) is 24.3 Å². The summed E-state index contributed by atoms with van der Waals surface area (Å²) in [5, 5.41) is 3.18. The molecule has 5 nitrogen and oxygen atoms in total. The maximum Gasteiger partial charge on any atom is 0.223 e. The molecule has 0 spiro atoms. The summed E-state index contributed by atoms with van der Waals surface area (Å²) in [5.74, 6) is -0.327. The lowest BCUT2D eigenvalue weighted by atomic mass is 9.97. The largest absolute Gasteiger partial charge is 0.356 e. The van der Waals surface area contributed by atoms with Gasteiger partial charge in [-0.25, -0.2) is 4.98 Å². The molecule has 21 heavy (non-hydrogen) atoms. The minimum absolute atomic E-state index is 0. The molecule has 1 aliphatic heterocycles. The molecule has 1 amide bonds. The number of amides is 1. The van der Waals surface area contributed by atoms with Crippen LogP contribution in [-0.2, 0) is 4.79 Å². The number of ketones is 1. The van der Waals surface area contributed by atoms with Crippen molar-refractivity contribution >= 4 is 45.7 Å². The highest BCUT2D eigenvalue weighted by atomic mass is 35.5. The molecular formula is C14H16ClN3O2S. The molecule has 112 valence electrons. The van der Waals surface area contributed by atoms with Gasteiger partial charge in [0.25, 0.3) is 0 Å². The van der Waals surface area contributed by atoms with E-state index in [9.17, 15) is 9.59 Å². The third-order valence-corrected chi connectivity index (χ3v) is 4.59. The van der Waals surface area contributed by atoms with Gasteiger partial charge in [-0.3, -0.25) is 9.59 Å². The van der Waals surface area contributed by atoms with Crippen LogP contribution in [0.25, 0.3) is 10.2 Å². The fraction of sp³-hybridized carbons (Fsp3) is 0.357. The summed E-state index contributed by atoms with van der Waals surface area (Å²) in [6.07, 6.45) is 1.14. The number of fused-ring (bicyclic) bond motifs is 1. The summed E-state index contributed by atoms with van der Waals surface area (Å²) in [7, 11) is 0. The van der Waals surface area contributed by atoms with Gasteiger partial charge in [0, 0.05) is 12.5 Å². The van der Waals surface area contributed by atoms with Crippen molar-refractivity contribution in [3.63, 3.8) is 0 Å². The molecule has 2 aromatic rings. The highest BCUT2D eigenvalue weighted by Gasteiger charge is 2.29. The summed E-state index contributed by atoms with van der Waals surface area (Å²) >= 11 is 1.35. The molecule has 1 aromatic carbocycles. The number of thiazole rings is 1. The van der Waals surface area contributed by atoms with E-state index >= 15 is 0 Å². The molecule has 1 fully saturated rings. The molecule has 0 unspecified atom stereocenters. The van der Waals surface area contributed by atoms with E-state index in [0.717, 1.165) is 16.6 Å². The Labute approximate surface area is 132 Å². The summed E-state index contributed by atoms with van der Waals surface area (Å²) in [4.78, 5) is 28.1. The van der Waals surface area contributed by atoms with Crippen molar-refractivity contribution in [1.29, 1.82) is 0 Å². The molecular weight excluding hydrogens is 310 g/mol. The van der Waals surface area contributed by atoms with Crippen molar-refractivity contribution < 1.29 is 9.59 Å². The molecule has 1 aromatic heterocycles. The normalized spacial score (nSPS) is 19.1. The zero-order chi connectivity index (χ0) is 14.1. The van der Waals surface area contributed by atoms with Crippen LogP contribution >= 0.6 is 23.7 Å². The number of nitrogens with zero attached hydrogens (tertiary/aromatic N) is 1. The van der Waals surface area contributed by atoms with Crippen LogP contribution in [0.4, 0.5) is 0 Å². The van der Waals surface area contributed by atoms with Gasteiger partial charge in [0.1, 0.15) is 0 Å². The molecule has 2 atom stereocenters. The van der Waals surface area contributed by atoms with Crippen molar-refractivity contribution in [2.45, 2.75) is 18.9 Å². The lowest BCUT2D eigenvalue weighted by Crippen LogP contribution is -2.34. The van der Waals surface area contributed by atoms with Crippen molar-refractivity contribution in [1.82, 2.24) is 10.3 Å². The van der Waals surface area contributed by atoms with Gasteiger partial charge >= 0.3 is 0 Å². The lowest BCUT2D eigenvalue weighted by Gasteiger charge is -2.12. The first-order valence-corrected chi connectivity index (χ1v) is 7.40. The van der Waals surface area contributed by atoms with E-state index in [4.69, 9.17) is 5.73 Å². The van der Waals surface area contributed by atoms with Crippen molar-refractivity contribution in [2.24, 2.45) is 11.7 Å². The van der Waals surface area contributed by atoms with Gasteiger partial charge in [0.2, 0.25) is 11.7 Å². The number of halogens is 1. The van der Waals surface area contributed by atoms with E-state index in [2.05, 4.69) is 10.3 Å². The number of para-hydroxylation sites is 1. The molecule has 0 aliphatic carbocycles. The minimum atomic E-state index is -0.663. The Bertz CT molecular complexity index is 640. The number of Topliss-reactive ketones (excluding diaryl/α,β-unsaturated/α-hetero) is 1. The van der Waals surface area contributed by atoms with E-state index in [1.807, 2.05) is 24.3 Å². The van der Waals surface area contributed by atoms with E-state index in [0.29, 0.717) is 18.0 Å². The van der Waals surface area contributed by atoms with Crippen molar-refractivity contribution in [2.75, 3.05) is 6.54 Å². The van der Waals surface area contributed by atoms with Gasteiger partial charge in [-0.1, -0.05) is 12.1 Å². The van der Waals surface area contributed by atoms with Crippen LogP contribution in [0, 0.1) is 5.92 Å². The highest BCUT2D eigenvalue weighted by Crippen LogP contribution is 2.24. The summed E-state index contributed by atoms with van der Waals surface area (Å²) in [6.45, 7) is 0.672. The predicted molar refractivity (Wildman–Crippen MR) is 84.9 cm³/mol. The van der Waals surface area contributed by atoms with E-state index in [1.54, 1.807) is 0 Å². The van der Waals surface area contributed by atoms with Gasteiger partial charge in [-0.05, 0) is 25.0 Å². The molecule has 1 saturated heterocycles. The SMILES string of the molecule is Cl.N[C@@H](C[C@@H]1CCNC1=O)C(=O)c1nc2ccccc2s1. The van der Waals surface area contributed by atoms with Crippen LogP contribution in [0.3, 0.4) is 0 Å². The third-order valence-electron chi connectivity index (χ3n) is 3.54. The first-order chi connectivity index (χ1) is 9.65. The fourth-order valence-corrected chi connectivity index (χ4v) is 3.39. The van der Waals surface area contributed by atoms with Crippen LogP contribution in [0.5, 0.6) is 0 Å². The van der Waals surface area contributed by atoms with Crippen LogP contribution in [0.1, 0.15) is 22.6 Å². The molecule has 3 N–H and O–H groups in total. The van der Waals surface area contributed by atoms with Crippen LogP contribution < -0.4 is 11.1 Å². The molecule has 3 rings (SSSR count). The fourth-order valence-electron chi connectivity index (χ4n) is 2.42. The number of nitrogens with one attached hydrogen (secondary N) is 1. The second kappa shape index (κ2) is 6.51. The summed E-state index contributed by atoms with van der Waals surface area (Å²) in [5.41, 5.74) is 6.76. The standard InChI is InChI=1S/C14H15N3O2S.ClH/c15-9(7-8-5-6-16-13(8)19)12(18)14-17-10-3-1-2-4-11(10)20-14;/h1-4,8-9H,5-7,15H2,(H,16,19);1H/t8-,9-;/m0./s1. The average molecular weight is 326 g/mol. The summed E-state index contributed by atoms with van der Waals surface area (Å²) in [6, 6.07) is 6.94. The zero-order valence-electron chi connectivity index (χ0n) is 11.2. The topological polar surface area (TPSA) is 85.1 Å². The Morgan fingerprint density at radius 1 is 1.48 bits per heavy atom. The third kappa shape index (κ3) is 3.23. The van der Waals surface area contributed by atoms with Crippen LogP contribution in [0.2, 0.25) is 0 Å². The van der Waals surface area contributed by atoms with Crippen molar-refractivity contribution in [3.05, 3.63) is 29.3 Å². The number of hydrogen-bond donors (Lipinski definition) is 2. The second-order valence-electron chi connectivity index (χ2n) is 4.97. The monoisotopic (exact) mass is 325 g/mol. The first-order valence-electron chi connectivity index (χ1n) is 6.58. The molecule has 7 heteroatoms. The quantitative estimate of drug-likeness (QED) is 0.839. The molecule has 0 saturated carbocycles. The number of rotatable bonds is 4.